The zero-order valence-corrected chi connectivity index (χ0v) is 10.9. The van der Waals surface area contributed by atoms with Gasteiger partial charge in [0.25, 0.3) is 5.91 Å². The molecular formula is C10H7F4N2O4S-. The SMILES string of the molecule is C=Nc1c(F)c(F)c(C(=O)NCCS(=O)(=O)[O-])c(F)c1F. The highest BCUT2D eigenvalue weighted by Gasteiger charge is 2.28. The van der Waals surface area contributed by atoms with Gasteiger partial charge in [-0.2, -0.15) is 0 Å². The molecule has 0 saturated heterocycles. The topological polar surface area (TPSA) is 98.7 Å². The molecule has 1 rings (SSSR count). The maximum absolute atomic E-state index is 13.5. The standard InChI is InChI=1S/C10H8F4N2O4S/c1-15-9-7(13)5(11)4(6(12)8(9)14)10(17)16-2-3-21(18,19)20/h1-3H2,(H,16,17)(H,18,19,20)/p-1. The Morgan fingerprint density at radius 3 is 2.00 bits per heavy atom. The molecule has 0 aliphatic heterocycles. The summed E-state index contributed by atoms with van der Waals surface area (Å²) in [5.41, 5.74) is -2.93. The van der Waals surface area contributed by atoms with Gasteiger partial charge in [0, 0.05) is 6.54 Å². The molecule has 1 amide bonds. The first-order valence-electron chi connectivity index (χ1n) is 5.14. The zero-order chi connectivity index (χ0) is 16.4. The third-order valence-electron chi connectivity index (χ3n) is 2.26. The number of nitrogens with zero attached hydrogens (tertiary/aromatic N) is 1. The van der Waals surface area contributed by atoms with Crippen LogP contribution in [-0.4, -0.2) is 37.9 Å². The van der Waals surface area contributed by atoms with Crippen LogP contribution in [-0.2, 0) is 10.1 Å². The highest BCUT2D eigenvalue weighted by Crippen LogP contribution is 2.29. The molecule has 0 spiro atoms. The number of hydrogen-bond acceptors (Lipinski definition) is 5. The van der Waals surface area contributed by atoms with E-state index in [1.807, 2.05) is 0 Å². The van der Waals surface area contributed by atoms with Crippen LogP contribution in [0.5, 0.6) is 0 Å². The molecule has 0 heterocycles. The van der Waals surface area contributed by atoms with Crippen molar-refractivity contribution in [2.24, 2.45) is 4.99 Å². The third-order valence-corrected chi connectivity index (χ3v) is 2.97. The molecule has 0 atom stereocenters. The van der Waals surface area contributed by atoms with Gasteiger partial charge in [0.1, 0.15) is 11.3 Å². The maximum atomic E-state index is 13.5. The Morgan fingerprint density at radius 2 is 1.62 bits per heavy atom. The minimum absolute atomic E-state index is 0.783. The lowest BCUT2D eigenvalue weighted by Gasteiger charge is -2.11. The second-order valence-corrected chi connectivity index (χ2v) is 5.18. The van der Waals surface area contributed by atoms with Crippen molar-refractivity contribution in [3.8, 4) is 0 Å². The summed E-state index contributed by atoms with van der Waals surface area (Å²) < 4.78 is 84.5. The van der Waals surface area contributed by atoms with E-state index in [2.05, 4.69) is 11.7 Å². The van der Waals surface area contributed by atoms with Crippen molar-refractivity contribution in [2.45, 2.75) is 0 Å². The molecule has 0 bridgehead atoms. The number of nitrogens with one attached hydrogen (secondary N) is 1. The van der Waals surface area contributed by atoms with Gasteiger partial charge in [0.15, 0.2) is 23.3 Å². The van der Waals surface area contributed by atoms with E-state index in [4.69, 9.17) is 0 Å². The van der Waals surface area contributed by atoms with Gasteiger partial charge in [-0.05, 0) is 6.72 Å². The fraction of sp³-hybridized carbons (Fsp3) is 0.200. The van der Waals surface area contributed by atoms with Crippen LogP contribution in [0.1, 0.15) is 10.4 Å². The van der Waals surface area contributed by atoms with Crippen molar-refractivity contribution in [1.29, 1.82) is 0 Å². The minimum atomic E-state index is -4.67. The van der Waals surface area contributed by atoms with Crippen molar-refractivity contribution in [3.05, 3.63) is 28.8 Å². The summed E-state index contributed by atoms with van der Waals surface area (Å²) in [5, 5.41) is 1.65. The Labute approximate surface area is 116 Å². The van der Waals surface area contributed by atoms with Gasteiger partial charge in [0.05, 0.1) is 15.9 Å². The van der Waals surface area contributed by atoms with E-state index in [1.165, 1.54) is 0 Å². The van der Waals surface area contributed by atoms with E-state index in [-0.39, 0.29) is 0 Å². The molecule has 0 aliphatic carbocycles. The number of amides is 1. The number of rotatable bonds is 5. The highest BCUT2D eigenvalue weighted by atomic mass is 32.2. The monoisotopic (exact) mass is 327 g/mol. The quantitative estimate of drug-likeness (QED) is 0.375. The van der Waals surface area contributed by atoms with Crippen LogP contribution in [0.25, 0.3) is 0 Å². The normalized spacial score (nSPS) is 11.3. The number of benzene rings is 1. The predicted molar refractivity (Wildman–Crippen MR) is 62.4 cm³/mol. The average molecular weight is 327 g/mol. The van der Waals surface area contributed by atoms with Crippen molar-refractivity contribution in [2.75, 3.05) is 12.3 Å². The fourth-order valence-corrected chi connectivity index (χ4v) is 1.69. The van der Waals surface area contributed by atoms with Crippen molar-refractivity contribution in [1.82, 2.24) is 5.32 Å². The summed E-state index contributed by atoms with van der Waals surface area (Å²) >= 11 is 0. The molecule has 0 radical (unpaired) electrons. The fourth-order valence-electron chi connectivity index (χ4n) is 1.34. The van der Waals surface area contributed by atoms with E-state index in [9.17, 15) is 35.3 Å². The Hall–Kier alpha value is -2.01. The molecular weight excluding hydrogens is 320 g/mol. The van der Waals surface area contributed by atoms with Crippen LogP contribution in [0.2, 0.25) is 0 Å². The molecule has 11 heteroatoms. The first kappa shape index (κ1) is 17.0. The maximum Gasteiger partial charge on any atom is 0.257 e. The van der Waals surface area contributed by atoms with E-state index >= 15 is 0 Å². The molecule has 1 N–H and O–H groups in total. The van der Waals surface area contributed by atoms with E-state index in [0.29, 0.717) is 0 Å². The molecule has 0 fully saturated rings. The molecule has 21 heavy (non-hydrogen) atoms. The highest BCUT2D eigenvalue weighted by molar-refractivity contribution is 7.85. The smallest absolute Gasteiger partial charge is 0.257 e. The largest absolute Gasteiger partial charge is 0.748 e. The Morgan fingerprint density at radius 1 is 1.14 bits per heavy atom. The minimum Gasteiger partial charge on any atom is -0.748 e. The summed E-state index contributed by atoms with van der Waals surface area (Å²) in [6, 6.07) is 0. The average Bonchev–Trinajstić information content (AvgIpc) is 2.36. The van der Waals surface area contributed by atoms with Crippen LogP contribution in [0.4, 0.5) is 23.2 Å². The first-order valence-corrected chi connectivity index (χ1v) is 6.72. The van der Waals surface area contributed by atoms with E-state index < -0.39 is 62.8 Å². The van der Waals surface area contributed by atoms with Crippen LogP contribution in [0.3, 0.4) is 0 Å². The zero-order valence-electron chi connectivity index (χ0n) is 10.1. The van der Waals surface area contributed by atoms with E-state index in [1.54, 1.807) is 5.32 Å². The van der Waals surface area contributed by atoms with Gasteiger partial charge in [0.2, 0.25) is 0 Å². The molecule has 0 saturated carbocycles. The van der Waals surface area contributed by atoms with Crippen LogP contribution in [0.15, 0.2) is 4.99 Å². The van der Waals surface area contributed by atoms with Crippen molar-refractivity contribution in [3.63, 3.8) is 0 Å². The van der Waals surface area contributed by atoms with Crippen LogP contribution in [0, 0.1) is 23.3 Å². The lowest BCUT2D eigenvalue weighted by Crippen LogP contribution is -2.31. The lowest BCUT2D eigenvalue weighted by molar-refractivity contribution is 0.0945. The van der Waals surface area contributed by atoms with Crippen molar-refractivity contribution < 1.29 is 35.3 Å². The molecule has 6 nitrogen and oxygen atoms in total. The molecule has 0 unspecified atom stereocenters. The number of carbonyl (C=O) groups is 1. The van der Waals surface area contributed by atoms with Gasteiger partial charge in [-0.25, -0.2) is 26.0 Å². The van der Waals surface area contributed by atoms with Gasteiger partial charge in [-0.1, -0.05) is 0 Å². The number of carbonyl (C=O) groups excluding carboxylic acids is 1. The van der Waals surface area contributed by atoms with Gasteiger partial charge in [-0.15, -0.1) is 0 Å². The van der Waals surface area contributed by atoms with Crippen LogP contribution >= 0.6 is 0 Å². The van der Waals surface area contributed by atoms with E-state index in [0.717, 1.165) is 0 Å². The summed E-state index contributed by atoms with van der Waals surface area (Å²) in [7, 11) is -4.67. The van der Waals surface area contributed by atoms with Crippen LogP contribution < -0.4 is 5.32 Å². The predicted octanol–water partition coefficient (Wildman–Crippen LogP) is 0.850. The Balaban J connectivity index is 3.14. The summed E-state index contributed by atoms with van der Waals surface area (Å²) in [4.78, 5) is 14.2. The molecule has 0 aromatic heterocycles. The van der Waals surface area contributed by atoms with Gasteiger partial charge >= 0.3 is 0 Å². The molecule has 0 aliphatic rings. The first-order chi connectivity index (χ1) is 9.60. The molecule has 1 aromatic rings. The summed E-state index contributed by atoms with van der Waals surface area (Å²) in [6.45, 7) is 1.94. The van der Waals surface area contributed by atoms with Crippen molar-refractivity contribution >= 4 is 28.4 Å². The number of halogens is 4. The Kier molecular flexibility index (Phi) is 5.01. The number of aliphatic imine (C=N–C) groups is 1. The molecule has 116 valence electrons. The lowest BCUT2D eigenvalue weighted by atomic mass is 10.1. The number of hydrogen-bond donors (Lipinski definition) is 1. The van der Waals surface area contributed by atoms with Gasteiger partial charge in [-0.3, -0.25) is 9.79 Å². The third kappa shape index (κ3) is 3.76. The second kappa shape index (κ2) is 6.18. The second-order valence-electron chi connectivity index (χ2n) is 3.66. The molecule has 1 aromatic carbocycles. The van der Waals surface area contributed by atoms with Gasteiger partial charge < -0.3 is 9.87 Å². The Bertz CT molecular complexity index is 676. The summed E-state index contributed by atoms with van der Waals surface area (Å²) in [5.74, 6) is -10.6. The summed E-state index contributed by atoms with van der Waals surface area (Å²) in [6.07, 6.45) is 0.